The van der Waals surface area contributed by atoms with Crippen molar-refractivity contribution in [1.82, 2.24) is 10.2 Å². The molecule has 0 aromatic heterocycles. The van der Waals surface area contributed by atoms with Gasteiger partial charge in [-0.2, -0.15) is 0 Å². The number of guanidine groups is 1. The van der Waals surface area contributed by atoms with E-state index in [1.807, 2.05) is 31.3 Å². The summed E-state index contributed by atoms with van der Waals surface area (Å²) < 4.78 is 10.5. The predicted molar refractivity (Wildman–Crippen MR) is 110 cm³/mol. The van der Waals surface area contributed by atoms with Gasteiger partial charge in [0.1, 0.15) is 11.5 Å². The van der Waals surface area contributed by atoms with Crippen molar-refractivity contribution >= 4 is 5.96 Å². The summed E-state index contributed by atoms with van der Waals surface area (Å²) in [5.41, 5.74) is 2.62. The Hall–Kier alpha value is -2.69. The first-order valence-electron chi connectivity index (χ1n) is 9.46. The van der Waals surface area contributed by atoms with Gasteiger partial charge in [-0.1, -0.05) is 24.3 Å². The van der Waals surface area contributed by atoms with E-state index in [2.05, 4.69) is 39.5 Å². The molecule has 0 radical (unpaired) electrons. The molecule has 1 aliphatic rings. The third-order valence-corrected chi connectivity index (χ3v) is 5.12. The molecule has 2 aromatic rings. The second-order valence-corrected chi connectivity index (χ2v) is 6.78. The number of likely N-dealkylation sites (tertiary alicyclic amines) is 1. The van der Waals surface area contributed by atoms with Crippen LogP contribution in [-0.2, 0) is 6.42 Å². The van der Waals surface area contributed by atoms with Gasteiger partial charge in [-0.3, -0.25) is 4.99 Å². The fourth-order valence-corrected chi connectivity index (χ4v) is 3.58. The van der Waals surface area contributed by atoms with E-state index in [1.165, 1.54) is 11.1 Å². The van der Waals surface area contributed by atoms with E-state index in [-0.39, 0.29) is 0 Å². The number of rotatable bonds is 6. The van der Waals surface area contributed by atoms with Gasteiger partial charge < -0.3 is 19.7 Å². The summed E-state index contributed by atoms with van der Waals surface area (Å²) in [6.07, 6.45) is 2.08. The van der Waals surface area contributed by atoms with Crippen LogP contribution >= 0.6 is 0 Å². The molecule has 1 aliphatic heterocycles. The van der Waals surface area contributed by atoms with Gasteiger partial charge >= 0.3 is 0 Å². The smallest absolute Gasteiger partial charge is 0.193 e. The summed E-state index contributed by atoms with van der Waals surface area (Å²) in [6, 6.07) is 16.6. The van der Waals surface area contributed by atoms with Crippen LogP contribution in [0.5, 0.6) is 11.5 Å². The van der Waals surface area contributed by atoms with Crippen LogP contribution in [0.15, 0.2) is 53.5 Å². The van der Waals surface area contributed by atoms with Crippen LogP contribution in [0, 0.1) is 0 Å². The molecule has 0 saturated carbocycles. The Labute approximate surface area is 162 Å². The van der Waals surface area contributed by atoms with Crippen LogP contribution in [0.3, 0.4) is 0 Å². The Morgan fingerprint density at radius 1 is 1.11 bits per heavy atom. The zero-order chi connectivity index (χ0) is 19.1. The molecule has 1 atom stereocenters. The van der Waals surface area contributed by atoms with Gasteiger partial charge in [0, 0.05) is 32.6 Å². The zero-order valence-corrected chi connectivity index (χ0v) is 16.4. The summed E-state index contributed by atoms with van der Waals surface area (Å²) in [5.74, 6) is 3.32. The molecule has 1 fully saturated rings. The van der Waals surface area contributed by atoms with Gasteiger partial charge in [-0.25, -0.2) is 0 Å². The molecule has 0 amide bonds. The van der Waals surface area contributed by atoms with Gasteiger partial charge in [0.25, 0.3) is 0 Å². The lowest BCUT2D eigenvalue weighted by atomic mass is 9.98. The standard InChI is InChI=1S/C22H29N3O2/c1-23-22(24-13-11-17-5-4-6-21(15-17)27-3)25-14-12-19(16-25)18-7-9-20(26-2)10-8-18/h4-10,15,19H,11-14,16H2,1-3H3,(H,23,24). The molecular formula is C22H29N3O2. The molecule has 1 saturated heterocycles. The van der Waals surface area contributed by atoms with E-state index in [4.69, 9.17) is 9.47 Å². The SMILES string of the molecule is CN=C(NCCc1cccc(OC)c1)N1CCC(c2ccc(OC)cc2)C1. The van der Waals surface area contributed by atoms with E-state index < -0.39 is 0 Å². The predicted octanol–water partition coefficient (Wildman–Crippen LogP) is 3.31. The molecule has 0 spiro atoms. The Morgan fingerprint density at radius 3 is 2.59 bits per heavy atom. The monoisotopic (exact) mass is 367 g/mol. The Kier molecular flexibility index (Phi) is 6.58. The van der Waals surface area contributed by atoms with E-state index in [0.717, 1.165) is 49.9 Å². The highest BCUT2D eigenvalue weighted by Crippen LogP contribution is 2.28. The molecule has 5 heteroatoms. The van der Waals surface area contributed by atoms with Gasteiger partial charge in [0.2, 0.25) is 0 Å². The third kappa shape index (κ3) is 4.94. The average molecular weight is 367 g/mol. The molecule has 1 unspecified atom stereocenters. The number of hydrogen-bond donors (Lipinski definition) is 1. The fraction of sp³-hybridized carbons (Fsp3) is 0.409. The van der Waals surface area contributed by atoms with Crippen molar-refractivity contribution in [3.8, 4) is 11.5 Å². The molecular weight excluding hydrogens is 338 g/mol. The van der Waals surface area contributed by atoms with E-state index in [1.54, 1.807) is 14.2 Å². The summed E-state index contributed by atoms with van der Waals surface area (Å²) in [4.78, 5) is 6.82. The van der Waals surface area contributed by atoms with Crippen LogP contribution < -0.4 is 14.8 Å². The van der Waals surface area contributed by atoms with Gasteiger partial charge in [0.15, 0.2) is 5.96 Å². The zero-order valence-electron chi connectivity index (χ0n) is 16.4. The maximum atomic E-state index is 5.29. The summed E-state index contributed by atoms with van der Waals surface area (Å²) >= 11 is 0. The van der Waals surface area contributed by atoms with Crippen molar-refractivity contribution in [2.75, 3.05) is 40.9 Å². The van der Waals surface area contributed by atoms with Gasteiger partial charge in [0.05, 0.1) is 14.2 Å². The first-order valence-corrected chi connectivity index (χ1v) is 9.46. The van der Waals surface area contributed by atoms with Crippen molar-refractivity contribution < 1.29 is 9.47 Å². The number of nitrogens with zero attached hydrogens (tertiary/aromatic N) is 2. The lowest BCUT2D eigenvalue weighted by molar-refractivity contribution is 0.414. The number of hydrogen-bond acceptors (Lipinski definition) is 3. The molecule has 144 valence electrons. The van der Waals surface area contributed by atoms with Crippen LogP contribution in [0.25, 0.3) is 0 Å². The average Bonchev–Trinajstić information content (AvgIpc) is 3.21. The first-order chi connectivity index (χ1) is 13.2. The van der Waals surface area contributed by atoms with Crippen molar-refractivity contribution in [3.05, 3.63) is 59.7 Å². The summed E-state index contributed by atoms with van der Waals surface area (Å²) in [6.45, 7) is 2.87. The van der Waals surface area contributed by atoms with Gasteiger partial charge in [-0.15, -0.1) is 0 Å². The highest BCUT2D eigenvalue weighted by molar-refractivity contribution is 5.80. The van der Waals surface area contributed by atoms with Crippen molar-refractivity contribution in [3.63, 3.8) is 0 Å². The lowest BCUT2D eigenvalue weighted by Gasteiger charge is -2.22. The highest BCUT2D eigenvalue weighted by Gasteiger charge is 2.25. The lowest BCUT2D eigenvalue weighted by Crippen LogP contribution is -2.40. The summed E-state index contributed by atoms with van der Waals surface area (Å²) in [5, 5.41) is 3.50. The largest absolute Gasteiger partial charge is 0.497 e. The quantitative estimate of drug-likeness (QED) is 0.629. The number of nitrogens with one attached hydrogen (secondary N) is 1. The maximum absolute atomic E-state index is 5.29. The molecule has 0 aliphatic carbocycles. The summed E-state index contributed by atoms with van der Waals surface area (Å²) in [7, 11) is 5.26. The Bertz CT molecular complexity index is 758. The number of benzene rings is 2. The first kappa shape index (κ1) is 19.1. The minimum absolute atomic E-state index is 0.535. The maximum Gasteiger partial charge on any atom is 0.193 e. The Balaban J connectivity index is 1.52. The number of ether oxygens (including phenoxy) is 2. The minimum atomic E-state index is 0.535. The van der Waals surface area contributed by atoms with E-state index in [0.29, 0.717) is 5.92 Å². The van der Waals surface area contributed by atoms with Crippen LogP contribution in [0.4, 0.5) is 0 Å². The van der Waals surface area contributed by atoms with Gasteiger partial charge in [-0.05, 0) is 48.2 Å². The number of methoxy groups -OCH3 is 2. The fourth-order valence-electron chi connectivity index (χ4n) is 3.58. The van der Waals surface area contributed by atoms with Crippen molar-refractivity contribution in [2.24, 2.45) is 4.99 Å². The second kappa shape index (κ2) is 9.31. The highest BCUT2D eigenvalue weighted by atomic mass is 16.5. The van der Waals surface area contributed by atoms with Crippen molar-refractivity contribution in [1.29, 1.82) is 0 Å². The second-order valence-electron chi connectivity index (χ2n) is 6.78. The Morgan fingerprint density at radius 2 is 1.89 bits per heavy atom. The molecule has 1 N–H and O–H groups in total. The number of aliphatic imine (C=N–C) groups is 1. The molecule has 5 nitrogen and oxygen atoms in total. The van der Waals surface area contributed by atoms with Crippen LogP contribution in [0.1, 0.15) is 23.5 Å². The molecule has 1 heterocycles. The minimum Gasteiger partial charge on any atom is -0.497 e. The third-order valence-electron chi connectivity index (χ3n) is 5.12. The topological polar surface area (TPSA) is 46.1 Å². The molecule has 2 aromatic carbocycles. The molecule has 0 bridgehead atoms. The molecule has 27 heavy (non-hydrogen) atoms. The van der Waals surface area contributed by atoms with Crippen molar-refractivity contribution in [2.45, 2.75) is 18.8 Å². The van der Waals surface area contributed by atoms with Crippen LogP contribution in [0.2, 0.25) is 0 Å². The molecule has 3 rings (SSSR count). The normalized spacial score (nSPS) is 17.1. The van der Waals surface area contributed by atoms with Crippen LogP contribution in [-0.4, -0.2) is 51.8 Å². The van der Waals surface area contributed by atoms with E-state index >= 15 is 0 Å². The van der Waals surface area contributed by atoms with E-state index in [9.17, 15) is 0 Å².